The van der Waals surface area contributed by atoms with Gasteiger partial charge in [0.15, 0.2) is 0 Å². The highest BCUT2D eigenvalue weighted by atomic mass is 15.1. The van der Waals surface area contributed by atoms with Crippen molar-refractivity contribution in [2.75, 3.05) is 13.1 Å². The predicted molar refractivity (Wildman–Crippen MR) is 114 cm³/mol. The van der Waals surface area contributed by atoms with E-state index >= 15 is 0 Å². The summed E-state index contributed by atoms with van der Waals surface area (Å²) in [5, 5.41) is 0. The van der Waals surface area contributed by atoms with E-state index in [9.17, 15) is 0 Å². The second-order valence-electron chi connectivity index (χ2n) is 8.93. The molecule has 2 aromatic rings. The number of hydrogen-bond donors (Lipinski definition) is 0. The summed E-state index contributed by atoms with van der Waals surface area (Å²) in [7, 11) is 0. The molecule has 0 unspecified atom stereocenters. The number of pyridine rings is 1. The Labute approximate surface area is 165 Å². The van der Waals surface area contributed by atoms with Crippen LogP contribution < -0.4 is 0 Å². The standard InChI is InChI=1S/C25H34N2/c1-4-5-24-19(3)12-22(14-25(24)21-6-7-21)23-13-20(15-26-16-23)17-27-10-8-18(2)9-11-27/h12-16,18,21H,4-11,17H2,1-3H3. The lowest BCUT2D eigenvalue weighted by atomic mass is 9.90. The van der Waals surface area contributed by atoms with Gasteiger partial charge in [0.05, 0.1) is 0 Å². The van der Waals surface area contributed by atoms with E-state index in [0.717, 1.165) is 18.4 Å². The van der Waals surface area contributed by atoms with E-state index in [1.165, 1.54) is 73.9 Å². The molecule has 0 amide bonds. The molecule has 1 aliphatic carbocycles. The van der Waals surface area contributed by atoms with Crippen molar-refractivity contribution in [3.8, 4) is 11.1 Å². The fourth-order valence-corrected chi connectivity index (χ4v) is 4.57. The van der Waals surface area contributed by atoms with Crippen molar-refractivity contribution in [1.29, 1.82) is 0 Å². The van der Waals surface area contributed by atoms with E-state index in [-0.39, 0.29) is 0 Å². The molecule has 1 aromatic heterocycles. The van der Waals surface area contributed by atoms with Gasteiger partial charge in [0.2, 0.25) is 0 Å². The van der Waals surface area contributed by atoms with Crippen molar-refractivity contribution in [2.45, 2.75) is 71.8 Å². The van der Waals surface area contributed by atoms with E-state index in [1.54, 1.807) is 11.1 Å². The summed E-state index contributed by atoms with van der Waals surface area (Å²) in [4.78, 5) is 7.18. The third kappa shape index (κ3) is 4.43. The monoisotopic (exact) mass is 362 g/mol. The summed E-state index contributed by atoms with van der Waals surface area (Å²) in [5.41, 5.74) is 8.68. The van der Waals surface area contributed by atoms with Crippen LogP contribution in [0, 0.1) is 12.8 Å². The Morgan fingerprint density at radius 2 is 1.78 bits per heavy atom. The minimum absolute atomic E-state index is 0.802. The minimum Gasteiger partial charge on any atom is -0.299 e. The first-order valence-corrected chi connectivity index (χ1v) is 10.9. The number of aryl methyl sites for hydroxylation is 1. The lowest BCUT2D eigenvalue weighted by molar-refractivity contribution is 0.185. The van der Waals surface area contributed by atoms with Gasteiger partial charge >= 0.3 is 0 Å². The predicted octanol–water partition coefficient (Wildman–Crippen LogP) is 6.12. The van der Waals surface area contributed by atoms with Crippen LogP contribution in [0.25, 0.3) is 11.1 Å². The largest absolute Gasteiger partial charge is 0.299 e. The molecule has 0 N–H and O–H groups in total. The second-order valence-corrected chi connectivity index (χ2v) is 8.93. The first-order valence-electron chi connectivity index (χ1n) is 10.9. The Balaban J connectivity index is 1.58. The summed E-state index contributed by atoms with van der Waals surface area (Å²) < 4.78 is 0. The summed E-state index contributed by atoms with van der Waals surface area (Å²) in [6.45, 7) is 10.5. The van der Waals surface area contributed by atoms with Crippen LogP contribution in [0.3, 0.4) is 0 Å². The maximum Gasteiger partial charge on any atom is 0.0346 e. The maximum absolute atomic E-state index is 4.59. The Bertz CT molecular complexity index is 783. The Morgan fingerprint density at radius 1 is 1.00 bits per heavy atom. The molecule has 1 saturated heterocycles. The van der Waals surface area contributed by atoms with Gasteiger partial charge < -0.3 is 0 Å². The second kappa shape index (κ2) is 8.14. The van der Waals surface area contributed by atoms with E-state index in [0.29, 0.717) is 0 Å². The van der Waals surface area contributed by atoms with Crippen LogP contribution in [0.4, 0.5) is 0 Å². The zero-order valence-electron chi connectivity index (χ0n) is 17.3. The van der Waals surface area contributed by atoms with Crippen molar-refractivity contribution in [3.63, 3.8) is 0 Å². The van der Waals surface area contributed by atoms with E-state index in [2.05, 4.69) is 55.1 Å². The van der Waals surface area contributed by atoms with E-state index in [4.69, 9.17) is 0 Å². The lowest BCUT2D eigenvalue weighted by Gasteiger charge is -2.30. The zero-order chi connectivity index (χ0) is 18.8. The fraction of sp³-hybridized carbons (Fsp3) is 0.560. The molecule has 2 fully saturated rings. The molecule has 1 aliphatic heterocycles. The maximum atomic E-state index is 4.59. The average molecular weight is 363 g/mol. The van der Waals surface area contributed by atoms with Gasteiger partial charge in [-0.1, -0.05) is 32.4 Å². The van der Waals surface area contributed by atoms with Gasteiger partial charge in [-0.15, -0.1) is 0 Å². The van der Waals surface area contributed by atoms with Crippen LogP contribution in [-0.4, -0.2) is 23.0 Å². The third-order valence-corrected chi connectivity index (χ3v) is 6.44. The molecular formula is C25H34N2. The lowest BCUT2D eigenvalue weighted by Crippen LogP contribution is -2.32. The van der Waals surface area contributed by atoms with Crippen molar-refractivity contribution >= 4 is 0 Å². The highest BCUT2D eigenvalue weighted by Crippen LogP contribution is 2.44. The van der Waals surface area contributed by atoms with Crippen molar-refractivity contribution in [2.24, 2.45) is 5.92 Å². The first-order chi connectivity index (χ1) is 13.1. The summed E-state index contributed by atoms with van der Waals surface area (Å²) in [5.74, 6) is 1.69. The number of hydrogen-bond acceptors (Lipinski definition) is 2. The Hall–Kier alpha value is -1.67. The summed E-state index contributed by atoms with van der Waals surface area (Å²) in [6.07, 6.45) is 11.9. The van der Waals surface area contributed by atoms with Crippen LogP contribution in [-0.2, 0) is 13.0 Å². The third-order valence-electron chi connectivity index (χ3n) is 6.44. The normalized spacial score (nSPS) is 18.8. The number of aromatic nitrogens is 1. The van der Waals surface area contributed by atoms with E-state index in [1.807, 2.05) is 6.20 Å². The highest BCUT2D eigenvalue weighted by molar-refractivity contribution is 5.67. The first kappa shape index (κ1) is 18.7. The minimum atomic E-state index is 0.802. The highest BCUT2D eigenvalue weighted by Gasteiger charge is 2.27. The molecule has 0 bridgehead atoms. The number of rotatable bonds is 6. The average Bonchev–Trinajstić information content (AvgIpc) is 3.50. The van der Waals surface area contributed by atoms with Gasteiger partial charge in [-0.3, -0.25) is 9.88 Å². The van der Waals surface area contributed by atoms with Crippen molar-refractivity contribution in [1.82, 2.24) is 9.88 Å². The fourth-order valence-electron chi connectivity index (χ4n) is 4.57. The molecule has 1 saturated carbocycles. The number of nitrogens with zero attached hydrogens (tertiary/aromatic N) is 2. The molecule has 1 aromatic carbocycles. The molecule has 4 rings (SSSR count). The molecule has 2 heteroatoms. The van der Waals surface area contributed by atoms with Gasteiger partial charge in [0.1, 0.15) is 0 Å². The molecule has 0 spiro atoms. The Morgan fingerprint density at radius 3 is 2.48 bits per heavy atom. The topological polar surface area (TPSA) is 16.1 Å². The van der Waals surface area contributed by atoms with E-state index < -0.39 is 0 Å². The number of benzene rings is 1. The smallest absolute Gasteiger partial charge is 0.0346 e. The van der Waals surface area contributed by atoms with Crippen LogP contribution >= 0.6 is 0 Å². The molecule has 0 atom stereocenters. The van der Waals surface area contributed by atoms with Gasteiger partial charge in [0.25, 0.3) is 0 Å². The molecule has 2 nitrogen and oxygen atoms in total. The van der Waals surface area contributed by atoms with Crippen molar-refractivity contribution < 1.29 is 0 Å². The number of piperidine rings is 1. The molecule has 2 aliphatic rings. The van der Waals surface area contributed by atoms with Crippen LogP contribution in [0.2, 0.25) is 0 Å². The molecule has 27 heavy (non-hydrogen) atoms. The van der Waals surface area contributed by atoms with Crippen LogP contribution in [0.1, 0.15) is 74.1 Å². The summed E-state index contributed by atoms with van der Waals surface area (Å²) >= 11 is 0. The van der Waals surface area contributed by atoms with Crippen LogP contribution in [0.5, 0.6) is 0 Å². The van der Waals surface area contributed by atoms with Gasteiger partial charge in [-0.05, 0) is 97.8 Å². The number of likely N-dealkylation sites (tertiary alicyclic amines) is 1. The van der Waals surface area contributed by atoms with Gasteiger partial charge in [0, 0.05) is 24.5 Å². The summed E-state index contributed by atoms with van der Waals surface area (Å²) in [6, 6.07) is 7.23. The van der Waals surface area contributed by atoms with Gasteiger partial charge in [-0.2, -0.15) is 0 Å². The van der Waals surface area contributed by atoms with Gasteiger partial charge in [-0.25, -0.2) is 0 Å². The van der Waals surface area contributed by atoms with Crippen LogP contribution in [0.15, 0.2) is 30.6 Å². The van der Waals surface area contributed by atoms with Crippen molar-refractivity contribution in [3.05, 3.63) is 52.8 Å². The zero-order valence-corrected chi connectivity index (χ0v) is 17.3. The Kier molecular flexibility index (Phi) is 5.63. The molecule has 0 radical (unpaired) electrons. The molecule has 2 heterocycles. The SMILES string of the molecule is CCCc1c(C)cc(-c2cncc(CN3CCC(C)CC3)c2)cc1C1CC1. The molecule has 144 valence electrons. The quantitative estimate of drug-likeness (QED) is 0.615. The molecular weight excluding hydrogens is 328 g/mol.